The topological polar surface area (TPSA) is 104 Å². The minimum absolute atomic E-state index is 0.134. The number of hydrogen-bond donors (Lipinski definition) is 2. The van der Waals surface area contributed by atoms with E-state index in [1.165, 1.54) is 28.6 Å². The molecule has 0 aromatic heterocycles. The lowest BCUT2D eigenvalue weighted by Gasteiger charge is -2.30. The number of carbonyl (C=O) groups excluding carboxylic acids is 1. The Kier molecular flexibility index (Phi) is 7.15. The minimum atomic E-state index is -3.59. The van der Waals surface area contributed by atoms with Crippen LogP contribution >= 0.6 is 0 Å². The van der Waals surface area contributed by atoms with Gasteiger partial charge in [0.1, 0.15) is 6.04 Å². The lowest BCUT2D eigenvalue weighted by Crippen LogP contribution is -2.40. The van der Waals surface area contributed by atoms with Gasteiger partial charge in [-0.05, 0) is 55.9 Å². The number of carboxylic acids is 1. The van der Waals surface area contributed by atoms with E-state index in [2.05, 4.69) is 11.9 Å². The highest BCUT2D eigenvalue weighted by atomic mass is 32.2. The van der Waals surface area contributed by atoms with E-state index in [1.54, 1.807) is 6.08 Å². The van der Waals surface area contributed by atoms with E-state index >= 15 is 0 Å². The first-order valence-corrected chi connectivity index (χ1v) is 10.4. The van der Waals surface area contributed by atoms with Crippen molar-refractivity contribution in [2.24, 2.45) is 5.92 Å². The van der Waals surface area contributed by atoms with E-state index in [4.69, 9.17) is 0 Å². The molecule has 2 N–H and O–H groups in total. The average molecular weight is 394 g/mol. The molecule has 148 valence electrons. The number of amides is 1. The Bertz CT molecular complexity index is 789. The Balaban J connectivity index is 2.10. The number of carbonyl (C=O) groups is 2. The molecule has 1 fully saturated rings. The number of nitrogens with zero attached hydrogens (tertiary/aromatic N) is 1. The van der Waals surface area contributed by atoms with Crippen LogP contribution in [0.4, 0.5) is 0 Å². The van der Waals surface area contributed by atoms with E-state index in [9.17, 15) is 23.1 Å². The molecule has 0 spiro atoms. The second-order valence-electron chi connectivity index (χ2n) is 6.87. The Morgan fingerprint density at radius 3 is 2.59 bits per heavy atom. The number of carboxylic acid groups (broad SMARTS) is 1. The fraction of sp³-hybridized carbons (Fsp3) is 0.474. The second kappa shape index (κ2) is 9.14. The van der Waals surface area contributed by atoms with Crippen molar-refractivity contribution in [3.05, 3.63) is 42.5 Å². The molecule has 8 heteroatoms. The van der Waals surface area contributed by atoms with Gasteiger partial charge in [-0.1, -0.05) is 13.0 Å². The zero-order valence-corrected chi connectivity index (χ0v) is 16.2. The maximum absolute atomic E-state index is 12.7. The Morgan fingerprint density at radius 1 is 1.37 bits per heavy atom. The van der Waals surface area contributed by atoms with Crippen LogP contribution in [0.25, 0.3) is 0 Å². The molecule has 0 saturated carbocycles. The maximum Gasteiger partial charge on any atom is 0.326 e. The highest BCUT2D eigenvalue weighted by molar-refractivity contribution is 7.89. The summed E-state index contributed by atoms with van der Waals surface area (Å²) in [6, 6.07) is 4.57. The third-order valence-corrected chi connectivity index (χ3v) is 6.52. The van der Waals surface area contributed by atoms with Crippen LogP contribution in [0.1, 0.15) is 43.0 Å². The molecule has 1 heterocycles. The third kappa shape index (κ3) is 5.40. The summed E-state index contributed by atoms with van der Waals surface area (Å²) in [5, 5.41) is 11.6. The van der Waals surface area contributed by atoms with Crippen LogP contribution < -0.4 is 5.32 Å². The zero-order valence-electron chi connectivity index (χ0n) is 15.4. The SMILES string of the molecule is C=CCCC(NC(=O)c1ccc(S(=O)(=O)N2CCCC(C)C2)cc1)C(=O)O. The normalized spacial score (nSPS) is 19.2. The predicted octanol–water partition coefficient (Wildman–Crippen LogP) is 2.26. The summed E-state index contributed by atoms with van der Waals surface area (Å²) in [6.07, 6.45) is 4.14. The Morgan fingerprint density at radius 2 is 2.04 bits per heavy atom. The van der Waals surface area contributed by atoms with Gasteiger partial charge in [0.15, 0.2) is 0 Å². The summed E-state index contributed by atoms with van der Waals surface area (Å²) in [6.45, 7) is 6.56. The lowest BCUT2D eigenvalue weighted by molar-refractivity contribution is -0.139. The molecular formula is C19H26N2O5S. The van der Waals surface area contributed by atoms with Gasteiger partial charge in [0.05, 0.1) is 4.90 Å². The molecule has 27 heavy (non-hydrogen) atoms. The molecule has 1 aliphatic rings. The number of nitrogens with one attached hydrogen (secondary N) is 1. The minimum Gasteiger partial charge on any atom is -0.480 e. The summed E-state index contributed by atoms with van der Waals surface area (Å²) in [4.78, 5) is 23.6. The van der Waals surface area contributed by atoms with E-state index in [1.807, 2.05) is 6.92 Å². The van der Waals surface area contributed by atoms with Crippen molar-refractivity contribution in [2.45, 2.75) is 43.5 Å². The van der Waals surface area contributed by atoms with Crippen molar-refractivity contribution in [3.8, 4) is 0 Å². The maximum atomic E-state index is 12.7. The molecule has 0 aliphatic carbocycles. The fourth-order valence-electron chi connectivity index (χ4n) is 3.08. The second-order valence-corrected chi connectivity index (χ2v) is 8.80. The molecule has 7 nitrogen and oxygen atoms in total. The molecule has 1 aromatic rings. The first kappa shape index (κ1) is 21.1. The van der Waals surface area contributed by atoms with E-state index in [0.717, 1.165) is 12.8 Å². The number of benzene rings is 1. The number of rotatable bonds is 8. The van der Waals surface area contributed by atoms with E-state index in [0.29, 0.717) is 25.4 Å². The van der Waals surface area contributed by atoms with Gasteiger partial charge in [-0.2, -0.15) is 4.31 Å². The van der Waals surface area contributed by atoms with Crippen LogP contribution in [0.15, 0.2) is 41.8 Å². The van der Waals surface area contributed by atoms with Crippen molar-refractivity contribution in [2.75, 3.05) is 13.1 Å². The van der Waals surface area contributed by atoms with Gasteiger partial charge in [0.2, 0.25) is 10.0 Å². The van der Waals surface area contributed by atoms with Gasteiger partial charge in [-0.15, -0.1) is 6.58 Å². The van der Waals surface area contributed by atoms with Crippen LogP contribution in [-0.2, 0) is 14.8 Å². The predicted molar refractivity (Wildman–Crippen MR) is 102 cm³/mol. The van der Waals surface area contributed by atoms with Crippen molar-refractivity contribution >= 4 is 21.9 Å². The summed E-state index contributed by atoms with van der Waals surface area (Å²) >= 11 is 0. The number of hydrogen-bond acceptors (Lipinski definition) is 4. The zero-order chi connectivity index (χ0) is 20.0. The van der Waals surface area contributed by atoms with Gasteiger partial charge in [-0.25, -0.2) is 13.2 Å². The Hall–Kier alpha value is -2.19. The van der Waals surface area contributed by atoms with Gasteiger partial charge < -0.3 is 10.4 Å². The van der Waals surface area contributed by atoms with Gasteiger partial charge in [-0.3, -0.25) is 4.79 Å². The lowest BCUT2D eigenvalue weighted by atomic mass is 10.0. The smallest absolute Gasteiger partial charge is 0.326 e. The monoisotopic (exact) mass is 394 g/mol. The average Bonchev–Trinajstić information content (AvgIpc) is 2.64. The fourth-order valence-corrected chi connectivity index (χ4v) is 4.67. The molecule has 1 saturated heterocycles. The standard InChI is InChI=1S/C19H26N2O5S/c1-3-4-7-17(19(23)24)20-18(22)15-8-10-16(11-9-15)27(25,26)21-12-5-6-14(2)13-21/h3,8-11,14,17H,1,4-7,12-13H2,2H3,(H,20,22)(H,23,24). The highest BCUT2D eigenvalue weighted by Gasteiger charge is 2.29. The Labute approximate surface area is 160 Å². The van der Waals surface area contributed by atoms with Crippen LogP contribution in [-0.4, -0.2) is 48.8 Å². The van der Waals surface area contributed by atoms with Crippen LogP contribution in [0, 0.1) is 5.92 Å². The first-order chi connectivity index (χ1) is 12.8. The third-order valence-electron chi connectivity index (χ3n) is 4.64. The number of piperidine rings is 1. The van der Waals surface area contributed by atoms with Crippen molar-refractivity contribution in [3.63, 3.8) is 0 Å². The first-order valence-electron chi connectivity index (χ1n) is 9.00. The molecule has 1 aromatic carbocycles. The molecule has 0 radical (unpaired) electrons. The molecule has 0 bridgehead atoms. The summed E-state index contributed by atoms with van der Waals surface area (Å²) in [7, 11) is -3.59. The van der Waals surface area contributed by atoms with Crippen molar-refractivity contribution in [1.29, 1.82) is 0 Å². The van der Waals surface area contributed by atoms with E-state index < -0.39 is 27.9 Å². The van der Waals surface area contributed by atoms with Gasteiger partial charge in [0, 0.05) is 18.7 Å². The van der Waals surface area contributed by atoms with Gasteiger partial charge >= 0.3 is 5.97 Å². The van der Waals surface area contributed by atoms with Crippen LogP contribution in [0.3, 0.4) is 0 Å². The largest absolute Gasteiger partial charge is 0.480 e. The highest BCUT2D eigenvalue weighted by Crippen LogP contribution is 2.23. The van der Waals surface area contributed by atoms with Crippen LogP contribution in [0.5, 0.6) is 0 Å². The van der Waals surface area contributed by atoms with Gasteiger partial charge in [0.25, 0.3) is 5.91 Å². The molecule has 2 rings (SSSR count). The molecule has 1 aliphatic heterocycles. The quantitative estimate of drug-likeness (QED) is 0.658. The number of aliphatic carboxylic acids is 1. The van der Waals surface area contributed by atoms with E-state index in [-0.39, 0.29) is 16.9 Å². The molecular weight excluding hydrogens is 368 g/mol. The summed E-state index contributed by atoms with van der Waals surface area (Å²) < 4.78 is 27.0. The summed E-state index contributed by atoms with van der Waals surface area (Å²) in [5.74, 6) is -1.35. The number of sulfonamides is 1. The summed E-state index contributed by atoms with van der Waals surface area (Å²) in [5.41, 5.74) is 0.214. The number of allylic oxidation sites excluding steroid dienone is 1. The molecule has 2 unspecified atom stereocenters. The van der Waals surface area contributed by atoms with Crippen molar-refractivity contribution in [1.82, 2.24) is 9.62 Å². The molecule has 2 atom stereocenters. The molecule has 1 amide bonds. The van der Waals surface area contributed by atoms with Crippen molar-refractivity contribution < 1.29 is 23.1 Å². The van der Waals surface area contributed by atoms with Crippen LogP contribution in [0.2, 0.25) is 0 Å².